The second-order valence-electron chi connectivity index (χ2n) is 7.89. The molecule has 0 saturated carbocycles. The summed E-state index contributed by atoms with van der Waals surface area (Å²) in [4.78, 5) is 14.2. The van der Waals surface area contributed by atoms with Crippen LogP contribution in [0.25, 0.3) is 0 Å². The smallest absolute Gasteiger partial charge is 0.410 e. The van der Waals surface area contributed by atoms with Crippen molar-refractivity contribution in [3.05, 3.63) is 5.82 Å². The highest BCUT2D eigenvalue weighted by Gasteiger charge is 2.28. The van der Waals surface area contributed by atoms with E-state index in [9.17, 15) is 4.79 Å². The number of hydrogen-bond donors (Lipinski definition) is 0. The maximum absolute atomic E-state index is 12.3. The molecule has 1 fully saturated rings. The highest BCUT2D eigenvalue weighted by molar-refractivity contribution is 7.99. The molecule has 9 heteroatoms. The molecule has 0 N–H and O–H groups in total. The zero-order valence-electron chi connectivity index (χ0n) is 17.9. The summed E-state index contributed by atoms with van der Waals surface area (Å²) in [5.41, 5.74) is -0.467. The first kappa shape index (κ1) is 23.0. The van der Waals surface area contributed by atoms with E-state index in [4.69, 9.17) is 14.2 Å². The Morgan fingerprint density at radius 2 is 1.93 bits per heavy atom. The minimum Gasteiger partial charge on any atom is -0.444 e. The Labute approximate surface area is 172 Å². The number of carbonyl (C=O) groups excluding carboxylic acids is 1. The van der Waals surface area contributed by atoms with Gasteiger partial charge in [0.25, 0.3) is 0 Å². The summed E-state index contributed by atoms with van der Waals surface area (Å²) in [6.45, 7) is 12.1. The zero-order chi connectivity index (χ0) is 20.7. The molecule has 8 nitrogen and oxygen atoms in total. The van der Waals surface area contributed by atoms with Gasteiger partial charge in [-0.1, -0.05) is 11.8 Å². The second-order valence-corrected chi connectivity index (χ2v) is 8.88. The van der Waals surface area contributed by atoms with E-state index in [1.54, 1.807) is 11.8 Å². The number of aromatic nitrogens is 3. The fourth-order valence-corrected chi connectivity index (χ4v) is 4.09. The lowest BCUT2D eigenvalue weighted by Crippen LogP contribution is -2.43. The van der Waals surface area contributed by atoms with Crippen LogP contribution in [-0.2, 0) is 21.3 Å². The van der Waals surface area contributed by atoms with E-state index in [1.807, 2.05) is 51.1 Å². The number of hydrogen-bond acceptors (Lipinski definition) is 7. The third-order valence-electron chi connectivity index (χ3n) is 4.33. The first-order chi connectivity index (χ1) is 13.2. The minimum atomic E-state index is -0.501. The van der Waals surface area contributed by atoms with Crippen molar-refractivity contribution in [2.75, 3.05) is 32.1 Å². The van der Waals surface area contributed by atoms with Crippen LogP contribution in [0, 0.1) is 5.92 Å². The molecule has 0 aliphatic carbocycles. The van der Waals surface area contributed by atoms with Gasteiger partial charge in [-0.3, -0.25) is 0 Å². The number of nitrogens with zero attached hydrogens (tertiary/aromatic N) is 4. The van der Waals surface area contributed by atoms with Crippen LogP contribution in [0.3, 0.4) is 0 Å². The lowest BCUT2D eigenvalue weighted by Gasteiger charge is -2.34. The third kappa shape index (κ3) is 6.63. The monoisotopic (exact) mass is 414 g/mol. The van der Waals surface area contributed by atoms with Crippen molar-refractivity contribution in [3.8, 4) is 0 Å². The summed E-state index contributed by atoms with van der Waals surface area (Å²) in [6.07, 6.45) is 1.36. The highest BCUT2D eigenvalue weighted by Crippen LogP contribution is 2.27. The standard InChI is InChI=1S/C19H34N4O4S/c1-7-25-16(26-8-2)15-20-21-17(22(15)6)28-13-14-10-9-11-23(12-14)18(24)27-19(3,4)5/h14,16H,7-13H2,1-6H3/t14-/m1/s1. The van der Waals surface area contributed by atoms with Crippen molar-refractivity contribution in [2.45, 2.75) is 64.5 Å². The summed E-state index contributed by atoms with van der Waals surface area (Å²) in [7, 11) is 1.93. The maximum atomic E-state index is 12.3. The van der Waals surface area contributed by atoms with E-state index in [0.717, 1.165) is 30.3 Å². The molecular formula is C19H34N4O4S. The van der Waals surface area contributed by atoms with Crippen LogP contribution >= 0.6 is 11.8 Å². The fraction of sp³-hybridized carbons (Fsp3) is 0.842. The molecule has 1 amide bonds. The molecule has 1 aliphatic rings. The van der Waals surface area contributed by atoms with Gasteiger partial charge in [-0.25, -0.2) is 4.79 Å². The van der Waals surface area contributed by atoms with Gasteiger partial charge in [-0.05, 0) is 53.4 Å². The molecule has 1 atom stereocenters. The molecule has 1 aromatic heterocycles. The van der Waals surface area contributed by atoms with Crippen LogP contribution in [0.4, 0.5) is 4.79 Å². The van der Waals surface area contributed by atoms with Crippen molar-refractivity contribution in [1.29, 1.82) is 0 Å². The quantitative estimate of drug-likeness (QED) is 0.475. The first-order valence-corrected chi connectivity index (χ1v) is 11.0. The van der Waals surface area contributed by atoms with Crippen molar-refractivity contribution < 1.29 is 19.0 Å². The summed E-state index contributed by atoms with van der Waals surface area (Å²) in [6, 6.07) is 0. The van der Waals surface area contributed by atoms with Gasteiger partial charge in [0, 0.05) is 39.1 Å². The lowest BCUT2D eigenvalue weighted by atomic mass is 10.0. The van der Waals surface area contributed by atoms with E-state index >= 15 is 0 Å². The minimum absolute atomic E-state index is 0.223. The van der Waals surface area contributed by atoms with Gasteiger partial charge in [-0.15, -0.1) is 10.2 Å². The van der Waals surface area contributed by atoms with Gasteiger partial charge >= 0.3 is 6.09 Å². The molecule has 160 valence electrons. The van der Waals surface area contributed by atoms with E-state index < -0.39 is 11.9 Å². The van der Waals surface area contributed by atoms with Crippen LogP contribution < -0.4 is 0 Å². The maximum Gasteiger partial charge on any atom is 0.410 e. The Morgan fingerprint density at radius 3 is 2.54 bits per heavy atom. The van der Waals surface area contributed by atoms with Crippen LogP contribution in [-0.4, -0.2) is 63.4 Å². The van der Waals surface area contributed by atoms with Gasteiger partial charge in [0.2, 0.25) is 6.29 Å². The number of rotatable bonds is 8. The Morgan fingerprint density at radius 1 is 1.25 bits per heavy atom. The molecule has 0 unspecified atom stereocenters. The largest absolute Gasteiger partial charge is 0.444 e. The average Bonchev–Trinajstić information content (AvgIpc) is 2.99. The van der Waals surface area contributed by atoms with Gasteiger partial charge < -0.3 is 23.7 Å². The van der Waals surface area contributed by atoms with Crippen LogP contribution in [0.5, 0.6) is 0 Å². The number of ether oxygens (including phenoxy) is 3. The summed E-state index contributed by atoms with van der Waals surface area (Å²) in [5.74, 6) is 1.95. The van der Waals surface area contributed by atoms with Crippen molar-refractivity contribution in [3.63, 3.8) is 0 Å². The molecule has 2 rings (SSSR count). The molecule has 0 bridgehead atoms. The molecule has 1 saturated heterocycles. The normalized spacial score (nSPS) is 18.0. The highest BCUT2D eigenvalue weighted by atomic mass is 32.2. The third-order valence-corrected chi connectivity index (χ3v) is 5.59. The molecule has 0 radical (unpaired) electrons. The number of amides is 1. The first-order valence-electron chi connectivity index (χ1n) is 9.98. The summed E-state index contributed by atoms with van der Waals surface area (Å²) < 4.78 is 18.7. The Bertz CT molecular complexity index is 626. The number of thioether (sulfide) groups is 1. The van der Waals surface area contributed by atoms with Gasteiger partial charge in [-0.2, -0.15) is 0 Å². The molecular weight excluding hydrogens is 380 g/mol. The lowest BCUT2D eigenvalue weighted by molar-refractivity contribution is -0.146. The van der Waals surface area contributed by atoms with E-state index in [0.29, 0.717) is 31.5 Å². The van der Waals surface area contributed by atoms with Gasteiger partial charge in [0.05, 0.1) is 0 Å². The SMILES string of the molecule is CCOC(OCC)c1nnc(SC[C@@H]2CCCN(C(=O)OC(C)(C)C)C2)n1C. The van der Waals surface area contributed by atoms with Crippen molar-refractivity contribution >= 4 is 17.9 Å². The molecule has 2 heterocycles. The van der Waals surface area contributed by atoms with Crippen LogP contribution in [0.2, 0.25) is 0 Å². The predicted molar refractivity (Wildman–Crippen MR) is 108 cm³/mol. The van der Waals surface area contributed by atoms with E-state index in [-0.39, 0.29) is 6.09 Å². The second kappa shape index (κ2) is 10.5. The Kier molecular flexibility index (Phi) is 8.57. The fourth-order valence-electron chi connectivity index (χ4n) is 3.04. The number of likely N-dealkylation sites (tertiary alicyclic amines) is 1. The molecule has 28 heavy (non-hydrogen) atoms. The molecule has 0 aromatic carbocycles. The zero-order valence-corrected chi connectivity index (χ0v) is 18.8. The number of piperidine rings is 1. The topological polar surface area (TPSA) is 78.7 Å². The summed E-state index contributed by atoms with van der Waals surface area (Å²) >= 11 is 1.65. The molecule has 0 spiro atoms. The van der Waals surface area contributed by atoms with Crippen molar-refractivity contribution in [2.24, 2.45) is 13.0 Å². The predicted octanol–water partition coefficient (Wildman–Crippen LogP) is 3.63. The summed E-state index contributed by atoms with van der Waals surface area (Å²) in [5, 5.41) is 9.38. The molecule has 1 aromatic rings. The van der Waals surface area contributed by atoms with Crippen molar-refractivity contribution in [1.82, 2.24) is 19.7 Å². The Balaban J connectivity index is 1.92. The molecule has 1 aliphatic heterocycles. The Hall–Kier alpha value is -1.32. The van der Waals surface area contributed by atoms with Gasteiger partial charge in [0.15, 0.2) is 11.0 Å². The van der Waals surface area contributed by atoms with Gasteiger partial charge in [0.1, 0.15) is 5.60 Å². The number of carbonyl (C=O) groups is 1. The van der Waals surface area contributed by atoms with Crippen LogP contribution in [0.1, 0.15) is 59.6 Å². The van der Waals surface area contributed by atoms with E-state index in [2.05, 4.69) is 10.2 Å². The van der Waals surface area contributed by atoms with Crippen LogP contribution in [0.15, 0.2) is 5.16 Å². The average molecular weight is 415 g/mol. The van der Waals surface area contributed by atoms with E-state index in [1.165, 1.54) is 0 Å².